The molecule has 24 heavy (non-hydrogen) atoms. The van der Waals surface area contributed by atoms with E-state index in [2.05, 4.69) is 58.5 Å². The Morgan fingerprint density at radius 3 is 2.75 bits per heavy atom. The van der Waals surface area contributed by atoms with Crippen molar-refractivity contribution >= 4 is 59.5 Å². The molecule has 2 aromatic carbocycles. The molecule has 6 rings (SSSR count). The standard InChI is InChI=1S/C19H12N4S/c1-22-17-14(23-13-8-4-3-7-12(13)21-19(22)23)10-20-18-16(17)11-6-2-5-9-15(11)24-18/h2-10H,1H3. The maximum absolute atomic E-state index is 4.82. The molecule has 4 nitrogen and oxygen atoms in total. The van der Waals surface area contributed by atoms with Crippen molar-refractivity contribution in [1.82, 2.24) is 18.9 Å². The summed E-state index contributed by atoms with van der Waals surface area (Å²) in [6.45, 7) is 0. The number of hydrogen-bond donors (Lipinski definition) is 0. The maximum atomic E-state index is 4.82. The average molecular weight is 328 g/mol. The highest BCUT2D eigenvalue weighted by Gasteiger charge is 2.18. The lowest BCUT2D eigenvalue weighted by atomic mass is 10.2. The first kappa shape index (κ1) is 12.5. The monoisotopic (exact) mass is 328 g/mol. The van der Waals surface area contributed by atoms with Crippen molar-refractivity contribution in [3.05, 3.63) is 54.7 Å². The van der Waals surface area contributed by atoms with Crippen LogP contribution in [-0.4, -0.2) is 18.9 Å². The molecule has 0 saturated heterocycles. The number of nitrogens with zero attached hydrogens (tertiary/aromatic N) is 4. The molecule has 0 amide bonds. The van der Waals surface area contributed by atoms with E-state index in [1.165, 1.54) is 21.0 Å². The second-order valence-electron chi connectivity index (χ2n) is 6.07. The molecule has 4 aromatic heterocycles. The van der Waals surface area contributed by atoms with Crippen molar-refractivity contribution in [2.45, 2.75) is 0 Å². The second kappa shape index (κ2) is 4.13. The minimum atomic E-state index is 0.954. The Kier molecular flexibility index (Phi) is 2.15. The van der Waals surface area contributed by atoms with Crippen LogP contribution in [0.3, 0.4) is 0 Å². The SMILES string of the molecule is Cn1c2c3c(ncc2n2c4ccccc4nc12)sc1ccccc13. The van der Waals surface area contributed by atoms with E-state index in [1.807, 2.05) is 12.3 Å². The third-order valence-corrected chi connectivity index (χ3v) is 5.86. The summed E-state index contributed by atoms with van der Waals surface area (Å²) in [7, 11) is 2.09. The lowest BCUT2D eigenvalue weighted by Gasteiger charge is -1.99. The quantitative estimate of drug-likeness (QED) is 0.403. The molecule has 0 radical (unpaired) electrons. The van der Waals surface area contributed by atoms with Gasteiger partial charge in [0.25, 0.3) is 0 Å². The van der Waals surface area contributed by atoms with Gasteiger partial charge in [0.2, 0.25) is 5.78 Å². The topological polar surface area (TPSA) is 35.1 Å². The highest BCUT2D eigenvalue weighted by atomic mass is 32.1. The number of benzene rings is 2. The molecule has 114 valence electrons. The maximum Gasteiger partial charge on any atom is 0.215 e. The van der Waals surface area contributed by atoms with Gasteiger partial charge in [0, 0.05) is 22.5 Å². The molecule has 0 spiro atoms. The summed E-state index contributed by atoms with van der Waals surface area (Å²) in [5, 5.41) is 2.49. The van der Waals surface area contributed by atoms with Crippen LogP contribution in [0.4, 0.5) is 0 Å². The number of fused-ring (bicyclic) bond motifs is 9. The molecule has 4 heterocycles. The van der Waals surface area contributed by atoms with E-state index in [0.29, 0.717) is 0 Å². The number of imidazole rings is 2. The first-order valence-corrected chi connectivity index (χ1v) is 8.66. The normalized spacial score (nSPS) is 12.4. The van der Waals surface area contributed by atoms with Crippen LogP contribution >= 0.6 is 11.3 Å². The van der Waals surface area contributed by atoms with Crippen molar-refractivity contribution in [1.29, 1.82) is 0 Å². The summed E-state index contributed by atoms with van der Waals surface area (Å²) < 4.78 is 5.68. The van der Waals surface area contributed by atoms with Gasteiger partial charge in [0.1, 0.15) is 4.83 Å². The number of thiophene rings is 1. The summed E-state index contributed by atoms with van der Waals surface area (Å²) >= 11 is 1.75. The zero-order valence-corrected chi connectivity index (χ0v) is 13.7. The zero-order chi connectivity index (χ0) is 15.8. The molecular formula is C19H12N4S. The van der Waals surface area contributed by atoms with Crippen LogP contribution in [0.5, 0.6) is 0 Å². The molecule has 0 fully saturated rings. The van der Waals surface area contributed by atoms with Crippen LogP contribution < -0.4 is 0 Å². The molecule has 0 bridgehead atoms. The first-order chi connectivity index (χ1) is 11.8. The fraction of sp³-hybridized carbons (Fsp3) is 0.0526. The average Bonchev–Trinajstić information content (AvgIpc) is 3.25. The highest BCUT2D eigenvalue weighted by Crippen LogP contribution is 2.38. The van der Waals surface area contributed by atoms with Crippen LogP contribution in [-0.2, 0) is 7.05 Å². The van der Waals surface area contributed by atoms with E-state index in [9.17, 15) is 0 Å². The Balaban J connectivity index is 1.97. The minimum Gasteiger partial charge on any atom is -0.312 e. The van der Waals surface area contributed by atoms with E-state index in [-0.39, 0.29) is 0 Å². The van der Waals surface area contributed by atoms with Crippen molar-refractivity contribution in [3.8, 4) is 0 Å². The molecule has 0 atom stereocenters. The van der Waals surface area contributed by atoms with E-state index >= 15 is 0 Å². The molecular weight excluding hydrogens is 316 g/mol. The first-order valence-electron chi connectivity index (χ1n) is 7.85. The van der Waals surface area contributed by atoms with Gasteiger partial charge >= 0.3 is 0 Å². The summed E-state index contributed by atoms with van der Waals surface area (Å²) in [4.78, 5) is 10.7. The van der Waals surface area contributed by atoms with Gasteiger partial charge in [-0.05, 0) is 18.2 Å². The van der Waals surface area contributed by atoms with Gasteiger partial charge in [-0.2, -0.15) is 0 Å². The Hall–Kier alpha value is -2.92. The van der Waals surface area contributed by atoms with Crippen LogP contribution in [0, 0.1) is 0 Å². The van der Waals surface area contributed by atoms with E-state index in [4.69, 9.17) is 9.97 Å². The van der Waals surface area contributed by atoms with Crippen LogP contribution in [0.1, 0.15) is 0 Å². The Morgan fingerprint density at radius 1 is 0.958 bits per heavy atom. The molecule has 0 N–H and O–H groups in total. The molecule has 6 aromatic rings. The van der Waals surface area contributed by atoms with Gasteiger partial charge in [-0.1, -0.05) is 30.3 Å². The van der Waals surface area contributed by atoms with Crippen molar-refractivity contribution < 1.29 is 0 Å². The van der Waals surface area contributed by atoms with Crippen LogP contribution in [0.2, 0.25) is 0 Å². The van der Waals surface area contributed by atoms with Gasteiger partial charge in [0.05, 0.1) is 28.3 Å². The summed E-state index contributed by atoms with van der Waals surface area (Å²) in [6, 6.07) is 16.8. The molecule has 0 aliphatic carbocycles. The Bertz CT molecular complexity index is 1420. The third kappa shape index (κ3) is 1.35. The predicted molar refractivity (Wildman–Crippen MR) is 99.9 cm³/mol. The summed E-state index contributed by atoms with van der Waals surface area (Å²) in [5.41, 5.74) is 4.45. The van der Waals surface area contributed by atoms with Crippen molar-refractivity contribution in [2.75, 3.05) is 0 Å². The lowest BCUT2D eigenvalue weighted by Crippen LogP contribution is -1.89. The van der Waals surface area contributed by atoms with Gasteiger partial charge < -0.3 is 4.57 Å². The molecule has 0 aliphatic rings. The number of aromatic nitrogens is 4. The van der Waals surface area contributed by atoms with Crippen molar-refractivity contribution in [2.24, 2.45) is 7.05 Å². The fourth-order valence-corrected chi connectivity index (χ4v) is 4.79. The van der Waals surface area contributed by atoms with E-state index < -0.39 is 0 Å². The summed E-state index contributed by atoms with van der Waals surface area (Å²) in [6.07, 6.45) is 1.98. The number of pyridine rings is 1. The Morgan fingerprint density at radius 2 is 1.79 bits per heavy atom. The summed E-state index contributed by atoms with van der Waals surface area (Å²) in [5.74, 6) is 0.954. The van der Waals surface area contributed by atoms with E-state index in [0.717, 1.165) is 27.2 Å². The number of rotatable bonds is 0. The van der Waals surface area contributed by atoms with Crippen LogP contribution in [0.15, 0.2) is 54.7 Å². The van der Waals surface area contributed by atoms with Gasteiger partial charge in [-0.3, -0.25) is 4.40 Å². The fourth-order valence-electron chi connectivity index (χ4n) is 3.74. The van der Waals surface area contributed by atoms with Gasteiger partial charge in [-0.15, -0.1) is 11.3 Å². The van der Waals surface area contributed by atoms with Gasteiger partial charge in [0.15, 0.2) is 0 Å². The molecule has 0 unspecified atom stereocenters. The van der Waals surface area contributed by atoms with Crippen molar-refractivity contribution in [3.63, 3.8) is 0 Å². The third-order valence-electron chi connectivity index (χ3n) is 4.78. The van der Waals surface area contributed by atoms with E-state index in [1.54, 1.807) is 11.3 Å². The number of aryl methyl sites for hydroxylation is 1. The largest absolute Gasteiger partial charge is 0.312 e. The predicted octanol–water partition coefficient (Wildman–Crippen LogP) is 4.74. The molecule has 5 heteroatoms. The smallest absolute Gasteiger partial charge is 0.215 e. The lowest BCUT2D eigenvalue weighted by molar-refractivity contribution is 0.977. The van der Waals surface area contributed by atoms with Gasteiger partial charge in [-0.25, -0.2) is 9.97 Å². The Labute approximate surface area is 140 Å². The molecule has 0 aliphatic heterocycles. The highest BCUT2D eigenvalue weighted by molar-refractivity contribution is 7.25. The number of para-hydroxylation sites is 2. The minimum absolute atomic E-state index is 0.954. The van der Waals surface area contributed by atoms with Crippen LogP contribution in [0.25, 0.3) is 48.1 Å². The number of hydrogen-bond acceptors (Lipinski definition) is 3. The zero-order valence-electron chi connectivity index (χ0n) is 12.9. The second-order valence-corrected chi connectivity index (χ2v) is 7.10. The molecule has 0 saturated carbocycles.